The van der Waals surface area contributed by atoms with Crippen LogP contribution in [0.2, 0.25) is 0 Å². The van der Waals surface area contributed by atoms with E-state index in [0.29, 0.717) is 11.5 Å². The molecule has 0 aliphatic heterocycles. The van der Waals surface area contributed by atoms with E-state index in [2.05, 4.69) is 30.3 Å². The minimum absolute atomic E-state index is 0.105. The van der Waals surface area contributed by atoms with Crippen LogP contribution in [0.3, 0.4) is 0 Å². The summed E-state index contributed by atoms with van der Waals surface area (Å²) in [5.41, 5.74) is 3.41. The normalized spacial score (nSPS) is 10.8. The SMILES string of the molecule is Cc1nn(C)cc1C(=O)Nc1ccccc1CC(C)C. The molecule has 0 fully saturated rings. The lowest BCUT2D eigenvalue weighted by Gasteiger charge is -2.12. The van der Waals surface area contributed by atoms with Crippen LogP contribution in [0.25, 0.3) is 0 Å². The van der Waals surface area contributed by atoms with Gasteiger partial charge in [0.05, 0.1) is 11.3 Å². The maximum absolute atomic E-state index is 12.3. The van der Waals surface area contributed by atoms with Crippen molar-refractivity contribution in [3.8, 4) is 0 Å². The number of nitrogens with zero attached hydrogens (tertiary/aromatic N) is 2. The fraction of sp³-hybridized carbons (Fsp3) is 0.375. The minimum atomic E-state index is -0.105. The van der Waals surface area contributed by atoms with E-state index in [0.717, 1.165) is 23.4 Å². The first-order chi connectivity index (χ1) is 9.47. The molecule has 4 nitrogen and oxygen atoms in total. The molecule has 0 unspecified atom stereocenters. The van der Waals surface area contributed by atoms with Crippen LogP contribution in [0.1, 0.15) is 35.5 Å². The lowest BCUT2D eigenvalue weighted by molar-refractivity contribution is 0.102. The number of rotatable bonds is 4. The van der Waals surface area contributed by atoms with Gasteiger partial charge in [0.1, 0.15) is 0 Å². The van der Waals surface area contributed by atoms with Gasteiger partial charge in [0.25, 0.3) is 5.91 Å². The molecule has 0 radical (unpaired) electrons. The summed E-state index contributed by atoms with van der Waals surface area (Å²) in [5.74, 6) is 0.444. The van der Waals surface area contributed by atoms with Gasteiger partial charge in [-0.2, -0.15) is 5.10 Å². The van der Waals surface area contributed by atoms with Gasteiger partial charge in [-0.3, -0.25) is 9.48 Å². The predicted molar refractivity (Wildman–Crippen MR) is 80.9 cm³/mol. The largest absolute Gasteiger partial charge is 0.322 e. The van der Waals surface area contributed by atoms with Crippen LogP contribution in [0.5, 0.6) is 0 Å². The molecule has 1 N–H and O–H groups in total. The Morgan fingerprint density at radius 1 is 1.35 bits per heavy atom. The Morgan fingerprint density at radius 2 is 2.05 bits per heavy atom. The summed E-state index contributed by atoms with van der Waals surface area (Å²) in [5, 5.41) is 7.19. The fourth-order valence-corrected chi connectivity index (χ4v) is 2.27. The molecule has 106 valence electrons. The number of hydrogen-bond donors (Lipinski definition) is 1. The van der Waals surface area contributed by atoms with Crippen LogP contribution in [0.4, 0.5) is 5.69 Å². The lowest BCUT2D eigenvalue weighted by atomic mass is 10.0. The van der Waals surface area contributed by atoms with Gasteiger partial charge >= 0.3 is 0 Å². The molecule has 2 rings (SSSR count). The summed E-state index contributed by atoms with van der Waals surface area (Å²) in [7, 11) is 1.82. The highest BCUT2D eigenvalue weighted by Crippen LogP contribution is 2.20. The molecule has 0 spiro atoms. The topological polar surface area (TPSA) is 46.9 Å². The third-order valence-corrected chi connectivity index (χ3v) is 3.15. The lowest BCUT2D eigenvalue weighted by Crippen LogP contribution is -2.14. The number of benzene rings is 1. The molecule has 4 heteroatoms. The zero-order valence-electron chi connectivity index (χ0n) is 12.5. The highest BCUT2D eigenvalue weighted by atomic mass is 16.1. The number of nitrogens with one attached hydrogen (secondary N) is 1. The van der Waals surface area contributed by atoms with Gasteiger partial charge in [-0.05, 0) is 30.9 Å². The molecule has 0 saturated heterocycles. The van der Waals surface area contributed by atoms with E-state index in [4.69, 9.17) is 0 Å². The van der Waals surface area contributed by atoms with Crippen LogP contribution in [-0.4, -0.2) is 15.7 Å². The molecule has 1 amide bonds. The molecule has 1 heterocycles. The standard InChI is InChI=1S/C16H21N3O/c1-11(2)9-13-7-5-6-8-15(13)17-16(20)14-10-19(4)18-12(14)3/h5-8,10-11H,9H2,1-4H3,(H,17,20). The van der Waals surface area contributed by atoms with Gasteiger partial charge in [-0.15, -0.1) is 0 Å². The number of amides is 1. The van der Waals surface area contributed by atoms with Crippen molar-refractivity contribution in [3.05, 3.63) is 47.3 Å². The number of para-hydroxylation sites is 1. The van der Waals surface area contributed by atoms with Gasteiger partial charge in [-0.25, -0.2) is 0 Å². The summed E-state index contributed by atoms with van der Waals surface area (Å²) < 4.78 is 1.66. The Hall–Kier alpha value is -2.10. The van der Waals surface area contributed by atoms with Crippen molar-refractivity contribution < 1.29 is 4.79 Å². The number of anilines is 1. The minimum Gasteiger partial charge on any atom is -0.322 e. The van der Waals surface area contributed by atoms with Crippen LogP contribution < -0.4 is 5.32 Å². The summed E-state index contributed by atoms with van der Waals surface area (Å²) >= 11 is 0. The van der Waals surface area contributed by atoms with E-state index in [1.807, 2.05) is 32.2 Å². The number of hydrogen-bond acceptors (Lipinski definition) is 2. The van der Waals surface area contributed by atoms with Gasteiger partial charge in [0, 0.05) is 18.9 Å². The van der Waals surface area contributed by atoms with Crippen LogP contribution in [0.15, 0.2) is 30.5 Å². The smallest absolute Gasteiger partial charge is 0.259 e. The van der Waals surface area contributed by atoms with Crippen LogP contribution in [-0.2, 0) is 13.5 Å². The van der Waals surface area contributed by atoms with E-state index in [-0.39, 0.29) is 5.91 Å². The molecule has 2 aromatic rings. The predicted octanol–water partition coefficient (Wildman–Crippen LogP) is 3.18. The number of carbonyl (C=O) groups is 1. The third-order valence-electron chi connectivity index (χ3n) is 3.15. The van der Waals surface area contributed by atoms with E-state index in [1.54, 1.807) is 10.9 Å². The molecule has 0 aliphatic carbocycles. The molecular formula is C16H21N3O. The van der Waals surface area contributed by atoms with Gasteiger partial charge in [-0.1, -0.05) is 32.0 Å². The Morgan fingerprint density at radius 3 is 2.65 bits per heavy atom. The number of aryl methyl sites for hydroxylation is 2. The van der Waals surface area contributed by atoms with Crippen LogP contribution >= 0.6 is 0 Å². The molecule has 0 saturated carbocycles. The average molecular weight is 271 g/mol. The van der Waals surface area contributed by atoms with Gasteiger partial charge < -0.3 is 5.32 Å². The molecule has 1 aromatic carbocycles. The van der Waals surface area contributed by atoms with Crippen molar-refractivity contribution in [1.82, 2.24) is 9.78 Å². The van der Waals surface area contributed by atoms with Gasteiger partial charge in [0.2, 0.25) is 0 Å². The van der Waals surface area contributed by atoms with Crippen molar-refractivity contribution in [3.63, 3.8) is 0 Å². The number of aromatic nitrogens is 2. The molecule has 0 aliphatic rings. The van der Waals surface area contributed by atoms with Crippen molar-refractivity contribution in [1.29, 1.82) is 0 Å². The number of carbonyl (C=O) groups excluding carboxylic acids is 1. The molecule has 0 bridgehead atoms. The maximum Gasteiger partial charge on any atom is 0.259 e. The van der Waals surface area contributed by atoms with E-state index in [9.17, 15) is 4.79 Å². The quantitative estimate of drug-likeness (QED) is 0.928. The van der Waals surface area contributed by atoms with Crippen molar-refractivity contribution in [2.24, 2.45) is 13.0 Å². The first-order valence-corrected chi connectivity index (χ1v) is 6.87. The van der Waals surface area contributed by atoms with Crippen LogP contribution in [0, 0.1) is 12.8 Å². The van der Waals surface area contributed by atoms with Crippen molar-refractivity contribution >= 4 is 11.6 Å². The fourth-order valence-electron chi connectivity index (χ4n) is 2.27. The molecule has 1 aromatic heterocycles. The highest BCUT2D eigenvalue weighted by Gasteiger charge is 2.14. The highest BCUT2D eigenvalue weighted by molar-refractivity contribution is 6.05. The molecular weight excluding hydrogens is 250 g/mol. The summed E-state index contributed by atoms with van der Waals surface area (Å²) in [6, 6.07) is 7.95. The Labute approximate surface area is 119 Å². The second kappa shape index (κ2) is 5.90. The second-order valence-corrected chi connectivity index (χ2v) is 5.51. The van der Waals surface area contributed by atoms with E-state index in [1.165, 1.54) is 0 Å². The Balaban J connectivity index is 2.22. The third kappa shape index (κ3) is 3.26. The maximum atomic E-state index is 12.3. The zero-order valence-corrected chi connectivity index (χ0v) is 12.5. The molecule has 0 atom stereocenters. The monoisotopic (exact) mass is 271 g/mol. The average Bonchev–Trinajstić information content (AvgIpc) is 2.70. The Bertz CT molecular complexity index is 614. The second-order valence-electron chi connectivity index (χ2n) is 5.51. The first-order valence-electron chi connectivity index (χ1n) is 6.87. The van der Waals surface area contributed by atoms with E-state index >= 15 is 0 Å². The van der Waals surface area contributed by atoms with Crippen molar-refractivity contribution in [2.45, 2.75) is 27.2 Å². The summed E-state index contributed by atoms with van der Waals surface area (Å²) in [6.45, 7) is 6.18. The van der Waals surface area contributed by atoms with Gasteiger partial charge in [0.15, 0.2) is 0 Å². The van der Waals surface area contributed by atoms with E-state index < -0.39 is 0 Å². The zero-order chi connectivity index (χ0) is 14.7. The summed E-state index contributed by atoms with van der Waals surface area (Å²) in [4.78, 5) is 12.3. The van der Waals surface area contributed by atoms with Crippen molar-refractivity contribution in [2.75, 3.05) is 5.32 Å². The molecule has 20 heavy (non-hydrogen) atoms. The summed E-state index contributed by atoms with van der Waals surface area (Å²) in [6.07, 6.45) is 2.69. The Kier molecular flexibility index (Phi) is 4.23. The first kappa shape index (κ1) is 14.3.